The van der Waals surface area contributed by atoms with E-state index in [4.69, 9.17) is 34.8 Å². The first kappa shape index (κ1) is 22.1. The fourth-order valence-electron chi connectivity index (χ4n) is 3.18. The first-order valence-corrected chi connectivity index (χ1v) is 10.8. The van der Waals surface area contributed by atoms with E-state index in [2.05, 4.69) is 10.4 Å². The first-order chi connectivity index (χ1) is 15.4. The molecule has 9 heteroatoms. The summed E-state index contributed by atoms with van der Waals surface area (Å²) >= 11 is 18.6. The van der Waals surface area contributed by atoms with Crippen LogP contribution in [0, 0.1) is 0 Å². The molecule has 1 amide bonds. The standard InChI is InChI=1S/C23H17Cl3N4O2/c24-18-6-2-1-4-15(18)12-29-13-17(8-9-21(29)31)23(32)28-20-10-11-27-30(20)14-16-5-3-7-19(25)22(16)26/h1-11,13H,12,14H2,(H,28,32). The molecular weight excluding hydrogens is 471 g/mol. The summed E-state index contributed by atoms with van der Waals surface area (Å²) in [6, 6.07) is 17.1. The van der Waals surface area contributed by atoms with Crippen LogP contribution in [-0.2, 0) is 13.1 Å². The van der Waals surface area contributed by atoms with E-state index in [-0.39, 0.29) is 18.0 Å². The van der Waals surface area contributed by atoms with Gasteiger partial charge in [0.15, 0.2) is 0 Å². The van der Waals surface area contributed by atoms with E-state index in [1.165, 1.54) is 22.9 Å². The Morgan fingerprint density at radius 3 is 2.44 bits per heavy atom. The predicted octanol–water partition coefficient (Wildman–Crippen LogP) is 5.35. The lowest BCUT2D eigenvalue weighted by atomic mass is 10.2. The van der Waals surface area contributed by atoms with Gasteiger partial charge in [0.05, 0.1) is 34.9 Å². The largest absolute Gasteiger partial charge is 0.310 e. The van der Waals surface area contributed by atoms with Gasteiger partial charge in [0.1, 0.15) is 5.82 Å². The number of carbonyl (C=O) groups is 1. The van der Waals surface area contributed by atoms with Crippen molar-refractivity contribution in [2.45, 2.75) is 13.1 Å². The summed E-state index contributed by atoms with van der Waals surface area (Å²) in [5.74, 6) is 0.103. The molecule has 4 rings (SSSR count). The number of rotatable bonds is 6. The van der Waals surface area contributed by atoms with Crippen LogP contribution in [0.1, 0.15) is 21.5 Å². The lowest BCUT2D eigenvalue weighted by molar-refractivity contribution is 0.102. The number of nitrogens with one attached hydrogen (secondary N) is 1. The Balaban J connectivity index is 1.54. The van der Waals surface area contributed by atoms with E-state index in [1.54, 1.807) is 35.1 Å². The van der Waals surface area contributed by atoms with E-state index in [0.717, 1.165) is 11.1 Å². The molecule has 6 nitrogen and oxygen atoms in total. The number of anilines is 1. The monoisotopic (exact) mass is 486 g/mol. The van der Waals surface area contributed by atoms with Gasteiger partial charge < -0.3 is 9.88 Å². The molecule has 0 aliphatic carbocycles. The van der Waals surface area contributed by atoms with Crippen molar-refractivity contribution in [3.05, 3.63) is 115 Å². The molecule has 0 unspecified atom stereocenters. The average Bonchev–Trinajstić information content (AvgIpc) is 3.21. The van der Waals surface area contributed by atoms with Gasteiger partial charge in [0.2, 0.25) is 0 Å². The molecule has 0 aliphatic heterocycles. The molecule has 1 N–H and O–H groups in total. The molecule has 162 valence electrons. The normalized spacial score (nSPS) is 10.8. The lowest BCUT2D eigenvalue weighted by Gasteiger charge is -2.12. The number of aromatic nitrogens is 3. The van der Waals surface area contributed by atoms with Crippen molar-refractivity contribution in [1.29, 1.82) is 0 Å². The highest BCUT2D eigenvalue weighted by Gasteiger charge is 2.13. The summed E-state index contributed by atoms with van der Waals surface area (Å²) in [5, 5.41) is 8.52. The number of hydrogen-bond acceptors (Lipinski definition) is 3. The van der Waals surface area contributed by atoms with Gasteiger partial charge in [-0.25, -0.2) is 4.68 Å². The summed E-state index contributed by atoms with van der Waals surface area (Å²) < 4.78 is 3.05. The van der Waals surface area contributed by atoms with Gasteiger partial charge in [-0.3, -0.25) is 9.59 Å². The zero-order chi connectivity index (χ0) is 22.7. The van der Waals surface area contributed by atoms with E-state index < -0.39 is 0 Å². The highest BCUT2D eigenvalue weighted by atomic mass is 35.5. The first-order valence-electron chi connectivity index (χ1n) is 9.62. The van der Waals surface area contributed by atoms with Crippen molar-refractivity contribution in [3.8, 4) is 0 Å². The van der Waals surface area contributed by atoms with E-state index in [9.17, 15) is 9.59 Å². The Morgan fingerprint density at radius 1 is 0.875 bits per heavy atom. The van der Waals surface area contributed by atoms with E-state index in [0.29, 0.717) is 33.0 Å². The minimum Gasteiger partial charge on any atom is -0.310 e. The maximum absolute atomic E-state index is 12.9. The highest BCUT2D eigenvalue weighted by Crippen LogP contribution is 2.26. The molecular formula is C23H17Cl3N4O2. The minimum atomic E-state index is -0.378. The molecule has 0 spiro atoms. The molecule has 2 aromatic carbocycles. The predicted molar refractivity (Wildman–Crippen MR) is 127 cm³/mol. The fraction of sp³-hybridized carbons (Fsp3) is 0.0870. The number of amides is 1. The third kappa shape index (κ3) is 4.88. The second-order valence-electron chi connectivity index (χ2n) is 7.02. The van der Waals surface area contributed by atoms with Crippen molar-refractivity contribution >= 4 is 46.5 Å². The van der Waals surface area contributed by atoms with Crippen molar-refractivity contribution in [1.82, 2.24) is 14.3 Å². The van der Waals surface area contributed by atoms with Crippen LogP contribution in [0.5, 0.6) is 0 Å². The van der Waals surface area contributed by atoms with Crippen molar-refractivity contribution in [2.75, 3.05) is 5.32 Å². The van der Waals surface area contributed by atoms with Gasteiger partial charge in [-0.05, 0) is 29.3 Å². The topological polar surface area (TPSA) is 68.9 Å². The molecule has 2 heterocycles. The number of pyridine rings is 1. The van der Waals surface area contributed by atoms with Crippen LogP contribution in [-0.4, -0.2) is 20.3 Å². The summed E-state index contributed by atoms with van der Waals surface area (Å²) in [5.41, 5.74) is 1.64. The molecule has 0 radical (unpaired) electrons. The summed E-state index contributed by atoms with van der Waals surface area (Å²) in [4.78, 5) is 25.2. The third-order valence-corrected chi connectivity index (χ3v) is 6.08. The molecule has 0 saturated carbocycles. The molecule has 0 atom stereocenters. The Kier molecular flexibility index (Phi) is 6.65. The maximum atomic E-state index is 12.9. The number of benzene rings is 2. The van der Waals surface area contributed by atoms with Crippen LogP contribution in [0.3, 0.4) is 0 Å². The molecule has 32 heavy (non-hydrogen) atoms. The van der Waals surface area contributed by atoms with E-state index >= 15 is 0 Å². The SMILES string of the molecule is O=C(Nc1ccnn1Cc1cccc(Cl)c1Cl)c1ccc(=O)n(Cc2ccccc2Cl)c1. The summed E-state index contributed by atoms with van der Waals surface area (Å²) in [6.45, 7) is 0.582. The zero-order valence-electron chi connectivity index (χ0n) is 16.6. The maximum Gasteiger partial charge on any atom is 0.258 e. The Labute approximate surface area is 199 Å². The molecule has 4 aromatic rings. The Hall–Kier alpha value is -3.06. The highest BCUT2D eigenvalue weighted by molar-refractivity contribution is 6.42. The molecule has 2 aromatic heterocycles. The van der Waals surface area contributed by atoms with Gasteiger partial charge >= 0.3 is 0 Å². The Morgan fingerprint density at radius 2 is 1.62 bits per heavy atom. The van der Waals surface area contributed by atoms with Gasteiger partial charge in [-0.15, -0.1) is 0 Å². The third-order valence-electron chi connectivity index (χ3n) is 4.85. The van der Waals surface area contributed by atoms with Crippen LogP contribution in [0.4, 0.5) is 5.82 Å². The van der Waals surface area contributed by atoms with Crippen LogP contribution < -0.4 is 10.9 Å². The quantitative estimate of drug-likeness (QED) is 0.398. The molecule has 0 fully saturated rings. The van der Waals surface area contributed by atoms with Crippen molar-refractivity contribution < 1.29 is 4.79 Å². The smallest absolute Gasteiger partial charge is 0.258 e. The summed E-state index contributed by atoms with van der Waals surface area (Å²) in [6.07, 6.45) is 3.09. The molecule has 0 aliphatic rings. The fourth-order valence-corrected chi connectivity index (χ4v) is 3.76. The second kappa shape index (κ2) is 9.61. The van der Waals surface area contributed by atoms with E-state index in [1.807, 2.05) is 24.3 Å². The van der Waals surface area contributed by atoms with Crippen LogP contribution in [0.25, 0.3) is 0 Å². The van der Waals surface area contributed by atoms with Gasteiger partial charge in [-0.1, -0.05) is 65.1 Å². The van der Waals surface area contributed by atoms with Crippen molar-refractivity contribution in [2.24, 2.45) is 0 Å². The number of carbonyl (C=O) groups excluding carboxylic acids is 1. The number of hydrogen-bond donors (Lipinski definition) is 1. The number of nitrogens with zero attached hydrogens (tertiary/aromatic N) is 3. The van der Waals surface area contributed by atoms with Gasteiger partial charge in [-0.2, -0.15) is 5.10 Å². The molecule has 0 bridgehead atoms. The number of halogens is 3. The Bertz CT molecular complexity index is 1350. The lowest BCUT2D eigenvalue weighted by Crippen LogP contribution is -2.23. The van der Waals surface area contributed by atoms with Gasteiger partial charge in [0.25, 0.3) is 11.5 Å². The molecule has 0 saturated heterocycles. The van der Waals surface area contributed by atoms with Crippen LogP contribution in [0.2, 0.25) is 15.1 Å². The minimum absolute atomic E-state index is 0.234. The average molecular weight is 488 g/mol. The van der Waals surface area contributed by atoms with Crippen LogP contribution >= 0.6 is 34.8 Å². The van der Waals surface area contributed by atoms with Crippen LogP contribution in [0.15, 0.2) is 77.9 Å². The van der Waals surface area contributed by atoms with Gasteiger partial charge in [0, 0.05) is 23.4 Å². The van der Waals surface area contributed by atoms with Crippen molar-refractivity contribution in [3.63, 3.8) is 0 Å². The summed E-state index contributed by atoms with van der Waals surface area (Å²) in [7, 11) is 0. The zero-order valence-corrected chi connectivity index (χ0v) is 18.9. The second-order valence-corrected chi connectivity index (χ2v) is 8.21.